The predicted octanol–water partition coefficient (Wildman–Crippen LogP) is 2.56. The van der Waals surface area contributed by atoms with Crippen LogP contribution < -0.4 is 5.32 Å². The fraction of sp³-hybridized carbons (Fsp3) is 0.667. The zero-order valence-electron chi connectivity index (χ0n) is 15.6. The lowest BCUT2D eigenvalue weighted by Crippen LogP contribution is -2.53. The first kappa shape index (κ1) is 18.4. The molecule has 134 valence electrons. The third-order valence-corrected chi connectivity index (χ3v) is 4.61. The molecule has 1 aliphatic rings. The van der Waals surface area contributed by atoms with Crippen LogP contribution in [0, 0.1) is 13.8 Å². The van der Waals surface area contributed by atoms with Gasteiger partial charge >= 0.3 is 6.03 Å². The standard InChI is InChI=1S/C18H30N4O2/c1-6-7-19-18(24)21-10-8-20(9-11-21)17(23)16-12-14(4)22(13(2)3)15(16)5/h12-13H,6-11H2,1-5H3,(H,19,24). The van der Waals surface area contributed by atoms with E-state index in [4.69, 9.17) is 0 Å². The summed E-state index contributed by atoms with van der Waals surface area (Å²) in [5, 5.41) is 2.89. The summed E-state index contributed by atoms with van der Waals surface area (Å²) in [5.74, 6) is 0.0728. The van der Waals surface area contributed by atoms with Crippen molar-refractivity contribution < 1.29 is 9.59 Å². The summed E-state index contributed by atoms with van der Waals surface area (Å²) >= 11 is 0. The van der Waals surface area contributed by atoms with Crippen molar-refractivity contribution in [3.63, 3.8) is 0 Å². The third-order valence-electron chi connectivity index (χ3n) is 4.61. The monoisotopic (exact) mass is 334 g/mol. The Labute approximate surface area is 144 Å². The van der Waals surface area contributed by atoms with Gasteiger partial charge in [0.25, 0.3) is 5.91 Å². The molecule has 1 aromatic rings. The molecule has 2 rings (SSSR count). The smallest absolute Gasteiger partial charge is 0.317 e. The molecule has 2 heterocycles. The van der Waals surface area contributed by atoms with Gasteiger partial charge in [0, 0.05) is 50.2 Å². The molecule has 24 heavy (non-hydrogen) atoms. The Bertz CT molecular complexity index is 598. The van der Waals surface area contributed by atoms with Crippen LogP contribution in [0.5, 0.6) is 0 Å². The van der Waals surface area contributed by atoms with Crippen molar-refractivity contribution in [3.8, 4) is 0 Å². The maximum Gasteiger partial charge on any atom is 0.317 e. The molecule has 0 aliphatic carbocycles. The van der Waals surface area contributed by atoms with Crippen LogP contribution in [0.4, 0.5) is 4.79 Å². The summed E-state index contributed by atoms with van der Waals surface area (Å²) in [7, 11) is 0. The number of amides is 3. The number of hydrogen-bond donors (Lipinski definition) is 1. The van der Waals surface area contributed by atoms with Crippen LogP contribution >= 0.6 is 0 Å². The van der Waals surface area contributed by atoms with Crippen molar-refractivity contribution in [2.75, 3.05) is 32.7 Å². The summed E-state index contributed by atoms with van der Waals surface area (Å²) < 4.78 is 2.20. The molecule has 0 aromatic carbocycles. The number of urea groups is 1. The average Bonchev–Trinajstić information content (AvgIpc) is 2.86. The molecule has 3 amide bonds. The van der Waals surface area contributed by atoms with Gasteiger partial charge in [-0.2, -0.15) is 0 Å². The van der Waals surface area contributed by atoms with Gasteiger partial charge in [-0.05, 0) is 40.2 Å². The highest BCUT2D eigenvalue weighted by atomic mass is 16.2. The summed E-state index contributed by atoms with van der Waals surface area (Å²) in [4.78, 5) is 28.5. The Hall–Kier alpha value is -1.98. The number of nitrogens with one attached hydrogen (secondary N) is 1. The van der Waals surface area contributed by atoms with E-state index in [0.29, 0.717) is 38.8 Å². The van der Waals surface area contributed by atoms with Crippen molar-refractivity contribution in [1.82, 2.24) is 19.7 Å². The SMILES string of the molecule is CCCNC(=O)N1CCN(C(=O)c2cc(C)n(C(C)C)c2C)CC1. The largest absolute Gasteiger partial charge is 0.346 e. The number of hydrogen-bond acceptors (Lipinski definition) is 2. The van der Waals surface area contributed by atoms with E-state index >= 15 is 0 Å². The van der Waals surface area contributed by atoms with Crippen molar-refractivity contribution >= 4 is 11.9 Å². The highest BCUT2D eigenvalue weighted by Gasteiger charge is 2.27. The van der Waals surface area contributed by atoms with Crippen LogP contribution in [0.25, 0.3) is 0 Å². The molecule has 0 spiro atoms. The fourth-order valence-electron chi connectivity index (χ4n) is 3.41. The number of carbonyl (C=O) groups is 2. The Morgan fingerprint density at radius 1 is 1.12 bits per heavy atom. The number of carbonyl (C=O) groups excluding carboxylic acids is 2. The molecule has 1 aromatic heterocycles. The lowest BCUT2D eigenvalue weighted by molar-refractivity contribution is 0.0664. The van der Waals surface area contributed by atoms with Gasteiger partial charge in [-0.25, -0.2) is 4.79 Å². The first-order chi connectivity index (χ1) is 11.4. The van der Waals surface area contributed by atoms with Gasteiger partial charge < -0.3 is 19.7 Å². The van der Waals surface area contributed by atoms with E-state index in [0.717, 1.165) is 23.4 Å². The minimum atomic E-state index is -0.0260. The Morgan fingerprint density at radius 3 is 2.21 bits per heavy atom. The predicted molar refractivity (Wildman–Crippen MR) is 95.5 cm³/mol. The molecule has 1 saturated heterocycles. The van der Waals surface area contributed by atoms with Crippen molar-refractivity contribution in [2.45, 2.75) is 47.1 Å². The van der Waals surface area contributed by atoms with Crippen LogP contribution in [0.3, 0.4) is 0 Å². The molecule has 0 saturated carbocycles. The second kappa shape index (κ2) is 7.73. The van der Waals surface area contributed by atoms with Crippen LogP contribution in [0.1, 0.15) is 55.0 Å². The van der Waals surface area contributed by atoms with Crippen LogP contribution in [0.15, 0.2) is 6.07 Å². The first-order valence-corrected chi connectivity index (χ1v) is 8.87. The summed E-state index contributed by atoms with van der Waals surface area (Å²) in [6.45, 7) is 13.4. The number of nitrogens with zero attached hydrogens (tertiary/aromatic N) is 3. The van der Waals surface area contributed by atoms with E-state index < -0.39 is 0 Å². The fourth-order valence-corrected chi connectivity index (χ4v) is 3.41. The molecule has 0 atom stereocenters. The van der Waals surface area contributed by atoms with Crippen LogP contribution in [-0.2, 0) is 0 Å². The van der Waals surface area contributed by atoms with E-state index in [1.165, 1.54) is 0 Å². The normalized spacial score (nSPS) is 15.1. The number of aromatic nitrogens is 1. The highest BCUT2D eigenvalue weighted by molar-refractivity contribution is 5.96. The Morgan fingerprint density at radius 2 is 1.71 bits per heavy atom. The maximum absolute atomic E-state index is 12.9. The summed E-state index contributed by atoms with van der Waals surface area (Å²) in [6.07, 6.45) is 0.926. The summed E-state index contributed by atoms with van der Waals surface area (Å²) in [5.41, 5.74) is 2.92. The molecule has 1 aliphatic heterocycles. The van der Waals surface area contributed by atoms with E-state index in [9.17, 15) is 9.59 Å². The topological polar surface area (TPSA) is 57.6 Å². The molecule has 6 nitrogen and oxygen atoms in total. The first-order valence-electron chi connectivity index (χ1n) is 8.87. The van der Waals surface area contributed by atoms with Crippen molar-refractivity contribution in [1.29, 1.82) is 0 Å². The molecule has 1 N–H and O–H groups in total. The third kappa shape index (κ3) is 3.74. The van der Waals surface area contributed by atoms with E-state index in [1.807, 2.05) is 31.7 Å². The van der Waals surface area contributed by atoms with E-state index in [-0.39, 0.29) is 11.9 Å². The van der Waals surface area contributed by atoms with Gasteiger partial charge in [-0.3, -0.25) is 4.79 Å². The van der Waals surface area contributed by atoms with Gasteiger partial charge in [0.2, 0.25) is 0 Å². The Balaban J connectivity index is 2.01. The second-order valence-electron chi connectivity index (χ2n) is 6.76. The second-order valence-corrected chi connectivity index (χ2v) is 6.76. The maximum atomic E-state index is 12.9. The average molecular weight is 334 g/mol. The molecule has 6 heteroatoms. The lowest BCUT2D eigenvalue weighted by atomic mass is 10.2. The quantitative estimate of drug-likeness (QED) is 0.920. The zero-order chi connectivity index (χ0) is 17.9. The van der Waals surface area contributed by atoms with Crippen LogP contribution in [-0.4, -0.2) is 59.0 Å². The van der Waals surface area contributed by atoms with E-state index in [2.05, 4.69) is 23.7 Å². The molecular weight excluding hydrogens is 304 g/mol. The van der Waals surface area contributed by atoms with Gasteiger partial charge in [-0.1, -0.05) is 6.92 Å². The van der Waals surface area contributed by atoms with Gasteiger partial charge in [0.05, 0.1) is 5.56 Å². The molecule has 0 bridgehead atoms. The number of piperazine rings is 1. The van der Waals surface area contributed by atoms with Crippen LogP contribution in [0.2, 0.25) is 0 Å². The minimum absolute atomic E-state index is 0.0260. The molecular formula is C18H30N4O2. The van der Waals surface area contributed by atoms with Crippen molar-refractivity contribution in [3.05, 3.63) is 23.0 Å². The number of rotatable bonds is 4. The zero-order valence-corrected chi connectivity index (χ0v) is 15.6. The number of aryl methyl sites for hydroxylation is 1. The van der Waals surface area contributed by atoms with Gasteiger partial charge in [-0.15, -0.1) is 0 Å². The molecule has 1 fully saturated rings. The Kier molecular flexibility index (Phi) is 5.91. The summed E-state index contributed by atoms with van der Waals surface area (Å²) in [6, 6.07) is 2.30. The lowest BCUT2D eigenvalue weighted by Gasteiger charge is -2.34. The molecule has 0 unspecified atom stereocenters. The minimum Gasteiger partial charge on any atom is -0.346 e. The van der Waals surface area contributed by atoms with Gasteiger partial charge in [0.15, 0.2) is 0 Å². The van der Waals surface area contributed by atoms with Gasteiger partial charge in [0.1, 0.15) is 0 Å². The highest BCUT2D eigenvalue weighted by Crippen LogP contribution is 2.22. The van der Waals surface area contributed by atoms with Crippen molar-refractivity contribution in [2.24, 2.45) is 0 Å². The van der Waals surface area contributed by atoms with E-state index in [1.54, 1.807) is 4.90 Å². The molecule has 0 radical (unpaired) electrons.